The Bertz CT molecular complexity index is 772. The van der Waals surface area contributed by atoms with E-state index >= 15 is 0 Å². The van der Waals surface area contributed by atoms with Crippen LogP contribution in [0.1, 0.15) is 38.4 Å². The maximum Gasteiger partial charge on any atom is 0.335 e. The maximum atomic E-state index is 12.4. The monoisotopic (exact) mass is 282 g/mol. The molecule has 0 saturated carbocycles. The third-order valence-corrected chi connectivity index (χ3v) is 3.70. The summed E-state index contributed by atoms with van der Waals surface area (Å²) >= 11 is 0. The number of carbonyl (C=O) groups excluding carboxylic acids is 1. The molecule has 0 fully saturated rings. The number of carboxylic acids is 1. The minimum absolute atomic E-state index is 0.0231. The second-order valence-corrected chi connectivity index (χ2v) is 5.06. The molecule has 1 aromatic heterocycles. The molecule has 1 N–H and O–H groups in total. The zero-order chi connectivity index (χ0) is 15.0. The molecule has 0 spiro atoms. The van der Waals surface area contributed by atoms with Gasteiger partial charge in [0, 0.05) is 18.3 Å². The van der Waals surface area contributed by atoms with Crippen molar-refractivity contribution < 1.29 is 14.7 Å². The highest BCUT2D eigenvalue weighted by Crippen LogP contribution is 2.26. The van der Waals surface area contributed by atoms with E-state index in [1.165, 1.54) is 6.07 Å². The Morgan fingerprint density at radius 1 is 1.38 bits per heavy atom. The number of aromatic nitrogens is 2. The van der Waals surface area contributed by atoms with Gasteiger partial charge in [-0.3, -0.25) is 9.48 Å². The first kappa shape index (κ1) is 13.3. The number of hydrogen-bond acceptors (Lipinski definition) is 3. The second kappa shape index (κ2) is 5.01. The molecule has 0 unspecified atom stereocenters. The van der Waals surface area contributed by atoms with Crippen molar-refractivity contribution in [1.29, 1.82) is 0 Å². The van der Waals surface area contributed by atoms with Crippen LogP contribution in [0.3, 0.4) is 0 Å². The van der Waals surface area contributed by atoms with Crippen molar-refractivity contribution in [2.75, 3.05) is 0 Å². The predicted octanol–water partition coefficient (Wildman–Crippen LogP) is 2.33. The van der Waals surface area contributed by atoms with Crippen molar-refractivity contribution in [1.82, 2.24) is 9.78 Å². The fraction of sp³-hybridized carbons (Fsp3) is 0.188. The van der Waals surface area contributed by atoms with Gasteiger partial charge in [0.25, 0.3) is 0 Å². The molecule has 1 aliphatic rings. The largest absolute Gasteiger partial charge is 0.478 e. The van der Waals surface area contributed by atoms with Gasteiger partial charge >= 0.3 is 5.97 Å². The smallest absolute Gasteiger partial charge is 0.335 e. The van der Waals surface area contributed by atoms with E-state index in [9.17, 15) is 9.59 Å². The van der Waals surface area contributed by atoms with Gasteiger partial charge in [-0.1, -0.05) is 12.1 Å². The molecule has 1 aromatic carbocycles. The number of benzene rings is 1. The molecule has 0 atom stereocenters. The Hall–Kier alpha value is -2.69. The van der Waals surface area contributed by atoms with Gasteiger partial charge in [-0.2, -0.15) is 5.10 Å². The van der Waals surface area contributed by atoms with Gasteiger partial charge in [0.2, 0.25) is 0 Å². The van der Waals surface area contributed by atoms with Gasteiger partial charge in [0.05, 0.1) is 17.3 Å². The van der Waals surface area contributed by atoms with E-state index < -0.39 is 5.97 Å². The average Bonchev–Trinajstić information content (AvgIpc) is 2.84. The molecule has 21 heavy (non-hydrogen) atoms. The molecule has 0 bridgehead atoms. The lowest BCUT2D eigenvalue weighted by atomic mass is 9.90. The molecule has 0 saturated heterocycles. The van der Waals surface area contributed by atoms with Crippen LogP contribution in [0, 0.1) is 0 Å². The quantitative estimate of drug-likeness (QED) is 0.858. The highest BCUT2D eigenvalue weighted by atomic mass is 16.4. The van der Waals surface area contributed by atoms with E-state index in [4.69, 9.17) is 5.11 Å². The Balaban J connectivity index is 1.96. The molecule has 106 valence electrons. The summed E-state index contributed by atoms with van der Waals surface area (Å²) in [6.45, 7) is 0. The van der Waals surface area contributed by atoms with Gasteiger partial charge in [-0.25, -0.2) is 4.79 Å². The number of rotatable bonds is 2. The fourth-order valence-electron chi connectivity index (χ4n) is 2.59. The van der Waals surface area contributed by atoms with Crippen molar-refractivity contribution in [3.63, 3.8) is 0 Å². The van der Waals surface area contributed by atoms with Crippen molar-refractivity contribution in [3.8, 4) is 0 Å². The van der Waals surface area contributed by atoms with Crippen LogP contribution in [-0.2, 0) is 13.5 Å². The Morgan fingerprint density at radius 2 is 2.19 bits per heavy atom. The standard InChI is InChI=1S/C16H14N2O3/c1-18-14-6-5-11(15(19)13(14)9-17-18)7-10-3-2-4-12(8-10)16(20)21/h2-4,7-9H,5-6H2,1H3,(H,20,21)/b11-7-. The first-order valence-corrected chi connectivity index (χ1v) is 6.66. The van der Waals surface area contributed by atoms with Crippen molar-refractivity contribution in [2.24, 2.45) is 7.05 Å². The lowest BCUT2D eigenvalue weighted by molar-refractivity contribution is 0.0696. The zero-order valence-corrected chi connectivity index (χ0v) is 11.5. The molecule has 1 aliphatic carbocycles. The zero-order valence-electron chi connectivity index (χ0n) is 11.5. The molecular formula is C16H14N2O3. The molecule has 1 heterocycles. The summed E-state index contributed by atoms with van der Waals surface area (Å²) in [6.07, 6.45) is 4.77. The topological polar surface area (TPSA) is 72.2 Å². The molecule has 5 heteroatoms. The summed E-state index contributed by atoms with van der Waals surface area (Å²) in [7, 11) is 1.83. The minimum atomic E-state index is -0.972. The SMILES string of the molecule is Cn1ncc2c1CC/C(=C/c1cccc(C(=O)O)c1)C2=O. The van der Waals surface area contributed by atoms with Gasteiger partial charge in [-0.05, 0) is 36.6 Å². The summed E-state index contributed by atoms with van der Waals surface area (Å²) in [6, 6.07) is 6.58. The molecular weight excluding hydrogens is 268 g/mol. The van der Waals surface area contributed by atoms with E-state index in [-0.39, 0.29) is 11.3 Å². The Kier molecular flexibility index (Phi) is 3.17. The summed E-state index contributed by atoms with van der Waals surface area (Å²) in [5.41, 5.74) is 3.24. The lowest BCUT2D eigenvalue weighted by Crippen LogP contribution is -2.15. The van der Waals surface area contributed by atoms with Crippen LogP contribution in [0.25, 0.3) is 6.08 Å². The van der Waals surface area contributed by atoms with Crippen LogP contribution in [0.4, 0.5) is 0 Å². The first-order chi connectivity index (χ1) is 10.1. The first-order valence-electron chi connectivity index (χ1n) is 6.66. The highest BCUT2D eigenvalue weighted by Gasteiger charge is 2.24. The third-order valence-electron chi connectivity index (χ3n) is 3.70. The van der Waals surface area contributed by atoms with E-state index in [0.29, 0.717) is 17.6 Å². The van der Waals surface area contributed by atoms with E-state index in [1.807, 2.05) is 7.05 Å². The van der Waals surface area contributed by atoms with Crippen LogP contribution in [0.5, 0.6) is 0 Å². The fourth-order valence-corrected chi connectivity index (χ4v) is 2.59. The second-order valence-electron chi connectivity index (χ2n) is 5.06. The normalized spacial score (nSPS) is 16.0. The number of carbonyl (C=O) groups is 2. The number of ketones is 1. The van der Waals surface area contributed by atoms with Gasteiger partial charge in [-0.15, -0.1) is 0 Å². The van der Waals surface area contributed by atoms with Crippen molar-refractivity contribution in [2.45, 2.75) is 12.8 Å². The average molecular weight is 282 g/mol. The number of carboxylic acid groups (broad SMARTS) is 1. The van der Waals surface area contributed by atoms with E-state index in [2.05, 4.69) is 5.10 Å². The van der Waals surface area contributed by atoms with E-state index in [0.717, 1.165) is 17.7 Å². The number of nitrogens with zero attached hydrogens (tertiary/aromatic N) is 2. The number of hydrogen-bond donors (Lipinski definition) is 1. The molecule has 2 aromatic rings. The van der Waals surface area contributed by atoms with Crippen LogP contribution in [0.15, 0.2) is 36.0 Å². The number of allylic oxidation sites excluding steroid dienone is 1. The van der Waals surface area contributed by atoms with Crippen LogP contribution in [0.2, 0.25) is 0 Å². The summed E-state index contributed by atoms with van der Waals surface area (Å²) in [5.74, 6) is -0.996. The summed E-state index contributed by atoms with van der Waals surface area (Å²) in [5, 5.41) is 13.1. The summed E-state index contributed by atoms with van der Waals surface area (Å²) in [4.78, 5) is 23.4. The molecule has 5 nitrogen and oxygen atoms in total. The molecule has 0 aliphatic heterocycles. The van der Waals surface area contributed by atoms with Gasteiger partial charge in [0.1, 0.15) is 0 Å². The molecule has 0 amide bonds. The van der Waals surface area contributed by atoms with Crippen molar-refractivity contribution in [3.05, 3.63) is 58.4 Å². The number of fused-ring (bicyclic) bond motifs is 1. The van der Waals surface area contributed by atoms with Gasteiger partial charge in [0.15, 0.2) is 5.78 Å². The maximum absolute atomic E-state index is 12.4. The van der Waals surface area contributed by atoms with Gasteiger partial charge < -0.3 is 5.11 Å². The number of Topliss-reactive ketones (excluding diaryl/α,β-unsaturated/α-hetero) is 1. The third kappa shape index (κ3) is 2.38. The number of aryl methyl sites for hydroxylation is 1. The highest BCUT2D eigenvalue weighted by molar-refractivity contribution is 6.12. The summed E-state index contributed by atoms with van der Waals surface area (Å²) < 4.78 is 1.73. The van der Waals surface area contributed by atoms with Crippen LogP contribution in [-0.4, -0.2) is 26.6 Å². The Morgan fingerprint density at radius 3 is 2.95 bits per heavy atom. The van der Waals surface area contributed by atoms with E-state index in [1.54, 1.807) is 35.2 Å². The van der Waals surface area contributed by atoms with Crippen LogP contribution < -0.4 is 0 Å². The number of aromatic carboxylic acids is 1. The Labute approximate surface area is 121 Å². The minimum Gasteiger partial charge on any atom is -0.478 e. The predicted molar refractivity (Wildman–Crippen MR) is 77.2 cm³/mol. The van der Waals surface area contributed by atoms with Crippen LogP contribution >= 0.6 is 0 Å². The van der Waals surface area contributed by atoms with Crippen molar-refractivity contribution >= 4 is 17.8 Å². The molecule has 0 radical (unpaired) electrons. The lowest BCUT2D eigenvalue weighted by Gasteiger charge is -2.14. The molecule has 3 rings (SSSR count).